The molecule has 136 valence electrons. The van der Waals surface area contributed by atoms with Crippen LogP contribution in [0.5, 0.6) is 0 Å². The average molecular weight is 370 g/mol. The third kappa shape index (κ3) is 3.96. The predicted molar refractivity (Wildman–Crippen MR) is 102 cm³/mol. The van der Waals surface area contributed by atoms with Crippen molar-refractivity contribution < 1.29 is 4.79 Å². The van der Waals surface area contributed by atoms with Crippen LogP contribution in [0.25, 0.3) is 0 Å². The number of thioether (sulfide) groups is 1. The van der Waals surface area contributed by atoms with Gasteiger partial charge >= 0.3 is 0 Å². The first kappa shape index (κ1) is 18.2. The van der Waals surface area contributed by atoms with Crippen molar-refractivity contribution in [2.45, 2.75) is 32.5 Å². The largest absolute Gasteiger partial charge is 0.322 e. The molecule has 0 radical (unpaired) electrons. The lowest BCUT2D eigenvalue weighted by atomic mass is 10.2. The predicted octanol–water partition coefficient (Wildman–Crippen LogP) is 2.72. The lowest BCUT2D eigenvalue weighted by molar-refractivity contribution is -0.113. The van der Waals surface area contributed by atoms with Gasteiger partial charge < -0.3 is 9.88 Å². The number of rotatable bonds is 6. The first-order valence-electron chi connectivity index (χ1n) is 8.32. The zero-order valence-electron chi connectivity index (χ0n) is 15.4. The van der Waals surface area contributed by atoms with Gasteiger partial charge in [0.15, 0.2) is 5.16 Å². The Kier molecular flexibility index (Phi) is 5.41. The maximum Gasteiger partial charge on any atom is 0.234 e. The maximum absolute atomic E-state index is 12.3. The van der Waals surface area contributed by atoms with Crippen molar-refractivity contribution >= 4 is 23.4 Å². The van der Waals surface area contributed by atoms with E-state index in [0.717, 1.165) is 28.1 Å². The number of aryl methyl sites for hydroxylation is 3. The highest BCUT2D eigenvalue weighted by Gasteiger charge is 2.15. The third-order valence-corrected chi connectivity index (χ3v) is 5.16. The molecule has 3 aromatic rings. The Morgan fingerprint density at radius 1 is 1.15 bits per heavy atom. The van der Waals surface area contributed by atoms with Gasteiger partial charge in [-0.1, -0.05) is 42.1 Å². The summed E-state index contributed by atoms with van der Waals surface area (Å²) >= 11 is 1.38. The van der Waals surface area contributed by atoms with Crippen LogP contribution in [0.1, 0.15) is 22.8 Å². The van der Waals surface area contributed by atoms with Gasteiger partial charge in [0.1, 0.15) is 5.82 Å². The molecule has 0 fully saturated rings. The van der Waals surface area contributed by atoms with Gasteiger partial charge in [0.05, 0.1) is 29.4 Å². The molecule has 8 heteroatoms. The van der Waals surface area contributed by atoms with Crippen molar-refractivity contribution in [1.82, 2.24) is 24.5 Å². The van der Waals surface area contributed by atoms with Crippen LogP contribution in [0.4, 0.5) is 5.69 Å². The molecule has 7 nitrogen and oxygen atoms in total. The Bertz CT molecular complexity index is 915. The molecule has 0 atom stereocenters. The summed E-state index contributed by atoms with van der Waals surface area (Å²) in [5.41, 5.74) is 3.69. The van der Waals surface area contributed by atoms with E-state index < -0.39 is 0 Å². The van der Waals surface area contributed by atoms with Crippen LogP contribution in [-0.4, -0.2) is 36.2 Å². The summed E-state index contributed by atoms with van der Waals surface area (Å²) in [5.74, 6) is 1.01. The minimum atomic E-state index is -0.0823. The highest BCUT2D eigenvalue weighted by molar-refractivity contribution is 7.99. The fourth-order valence-corrected chi connectivity index (χ4v) is 3.46. The number of nitrogens with zero attached hydrogens (tertiary/aromatic N) is 5. The van der Waals surface area contributed by atoms with Gasteiger partial charge in [-0.2, -0.15) is 5.10 Å². The summed E-state index contributed by atoms with van der Waals surface area (Å²) in [4.78, 5) is 12.3. The fourth-order valence-electron chi connectivity index (χ4n) is 2.68. The zero-order valence-corrected chi connectivity index (χ0v) is 16.2. The number of aromatic nitrogens is 5. The van der Waals surface area contributed by atoms with Gasteiger partial charge in [-0.3, -0.25) is 9.48 Å². The van der Waals surface area contributed by atoms with Gasteiger partial charge in [0.2, 0.25) is 5.91 Å². The summed E-state index contributed by atoms with van der Waals surface area (Å²) in [6, 6.07) is 10.1. The van der Waals surface area contributed by atoms with Gasteiger partial charge in [-0.15, -0.1) is 10.2 Å². The van der Waals surface area contributed by atoms with Crippen LogP contribution < -0.4 is 5.32 Å². The van der Waals surface area contributed by atoms with Crippen molar-refractivity contribution in [2.75, 3.05) is 11.1 Å². The van der Waals surface area contributed by atoms with Gasteiger partial charge in [0, 0.05) is 7.05 Å². The van der Waals surface area contributed by atoms with Crippen LogP contribution in [-0.2, 0) is 18.4 Å². The Morgan fingerprint density at radius 2 is 1.88 bits per heavy atom. The monoisotopic (exact) mass is 370 g/mol. The molecule has 1 N–H and O–H groups in total. The lowest BCUT2D eigenvalue weighted by Crippen LogP contribution is -2.16. The number of hydrogen-bond acceptors (Lipinski definition) is 5. The van der Waals surface area contributed by atoms with Crippen LogP contribution in [0.15, 0.2) is 35.5 Å². The molecule has 3 rings (SSSR count). The highest BCUT2D eigenvalue weighted by atomic mass is 32.2. The summed E-state index contributed by atoms with van der Waals surface area (Å²) in [6.07, 6.45) is 0. The lowest BCUT2D eigenvalue weighted by Gasteiger charge is -2.09. The second-order valence-corrected chi connectivity index (χ2v) is 7.05. The van der Waals surface area contributed by atoms with E-state index >= 15 is 0 Å². The molecule has 1 aromatic carbocycles. The molecular weight excluding hydrogens is 348 g/mol. The van der Waals surface area contributed by atoms with Crippen LogP contribution in [0.2, 0.25) is 0 Å². The number of amides is 1. The zero-order chi connectivity index (χ0) is 18.7. The number of hydrogen-bond donors (Lipinski definition) is 1. The minimum Gasteiger partial charge on any atom is -0.322 e. The normalized spacial score (nSPS) is 10.9. The SMILES string of the molecule is Cc1nn(C)c(C)c1NC(=O)CSc1nnc(C)n1Cc1ccccc1. The van der Waals surface area contributed by atoms with Crippen molar-refractivity contribution in [2.24, 2.45) is 7.05 Å². The Morgan fingerprint density at radius 3 is 2.54 bits per heavy atom. The van der Waals surface area contributed by atoms with Crippen LogP contribution in [0.3, 0.4) is 0 Å². The van der Waals surface area contributed by atoms with Crippen molar-refractivity contribution in [3.63, 3.8) is 0 Å². The van der Waals surface area contributed by atoms with Crippen molar-refractivity contribution in [1.29, 1.82) is 0 Å². The summed E-state index contributed by atoms with van der Waals surface area (Å²) in [7, 11) is 1.86. The van der Waals surface area contributed by atoms with E-state index in [2.05, 4.69) is 32.7 Å². The van der Waals surface area contributed by atoms with E-state index in [4.69, 9.17) is 0 Å². The number of nitrogens with one attached hydrogen (secondary N) is 1. The topological polar surface area (TPSA) is 77.6 Å². The summed E-state index contributed by atoms with van der Waals surface area (Å²) < 4.78 is 3.78. The average Bonchev–Trinajstić information content (AvgIpc) is 3.08. The summed E-state index contributed by atoms with van der Waals surface area (Å²) in [6.45, 7) is 6.42. The van der Waals surface area contributed by atoms with Gasteiger partial charge in [-0.05, 0) is 26.3 Å². The second kappa shape index (κ2) is 7.74. The highest BCUT2D eigenvalue weighted by Crippen LogP contribution is 2.21. The molecule has 1 amide bonds. The van der Waals surface area contributed by atoms with Crippen molar-refractivity contribution in [3.05, 3.63) is 53.1 Å². The van der Waals surface area contributed by atoms with Crippen LogP contribution >= 0.6 is 11.8 Å². The molecule has 2 heterocycles. The molecule has 0 aliphatic rings. The van der Waals surface area contributed by atoms with Gasteiger partial charge in [0.25, 0.3) is 0 Å². The van der Waals surface area contributed by atoms with E-state index in [1.165, 1.54) is 17.3 Å². The molecule has 0 saturated heterocycles. The maximum atomic E-state index is 12.3. The minimum absolute atomic E-state index is 0.0823. The number of carbonyl (C=O) groups is 1. The van der Waals surface area contributed by atoms with E-state index in [1.54, 1.807) is 4.68 Å². The molecule has 0 unspecified atom stereocenters. The molecule has 26 heavy (non-hydrogen) atoms. The van der Waals surface area contributed by atoms with E-state index in [1.807, 2.05) is 50.6 Å². The Labute approximate surface area is 156 Å². The number of carbonyl (C=O) groups excluding carboxylic acids is 1. The Balaban J connectivity index is 1.65. The molecular formula is C18H22N6OS. The molecule has 0 aliphatic heterocycles. The standard InChI is InChI=1S/C18H22N6OS/c1-12-17(13(2)23(4)22-12)19-16(25)11-26-18-21-20-14(3)24(18)10-15-8-6-5-7-9-15/h5-9H,10-11H2,1-4H3,(H,19,25). The number of anilines is 1. The Hall–Kier alpha value is -2.61. The van der Waals surface area contributed by atoms with E-state index in [-0.39, 0.29) is 11.7 Å². The number of benzene rings is 1. The van der Waals surface area contributed by atoms with E-state index in [0.29, 0.717) is 6.54 Å². The first-order valence-corrected chi connectivity index (χ1v) is 9.31. The molecule has 0 saturated carbocycles. The van der Waals surface area contributed by atoms with Crippen LogP contribution in [0, 0.1) is 20.8 Å². The third-order valence-electron chi connectivity index (χ3n) is 4.19. The van der Waals surface area contributed by atoms with E-state index in [9.17, 15) is 4.79 Å². The molecule has 0 spiro atoms. The quantitative estimate of drug-likeness (QED) is 0.675. The second-order valence-electron chi connectivity index (χ2n) is 6.11. The van der Waals surface area contributed by atoms with Gasteiger partial charge in [-0.25, -0.2) is 0 Å². The smallest absolute Gasteiger partial charge is 0.234 e. The molecule has 2 aromatic heterocycles. The molecule has 0 bridgehead atoms. The fraction of sp³-hybridized carbons (Fsp3) is 0.333. The van der Waals surface area contributed by atoms with Crippen molar-refractivity contribution in [3.8, 4) is 0 Å². The first-order chi connectivity index (χ1) is 12.5. The molecule has 0 aliphatic carbocycles. The summed E-state index contributed by atoms with van der Waals surface area (Å²) in [5, 5.41) is 16.4.